The van der Waals surface area contributed by atoms with E-state index in [1.165, 1.54) is 0 Å². The first-order chi connectivity index (χ1) is 9.35. The Balaban J connectivity index is 1.78. The predicted octanol–water partition coefficient (Wildman–Crippen LogP) is 3.97. The van der Waals surface area contributed by atoms with E-state index >= 15 is 0 Å². The van der Waals surface area contributed by atoms with Crippen LogP contribution in [0.5, 0.6) is 5.75 Å². The van der Waals surface area contributed by atoms with E-state index in [-0.39, 0.29) is 0 Å². The molecule has 0 atom stereocenters. The zero-order valence-electron chi connectivity index (χ0n) is 10.8. The van der Waals surface area contributed by atoms with Crippen LogP contribution in [-0.2, 0) is 13.0 Å². The summed E-state index contributed by atoms with van der Waals surface area (Å²) in [6.45, 7) is 2.58. The van der Waals surface area contributed by atoms with Gasteiger partial charge in [0.25, 0.3) is 0 Å². The molecule has 0 N–H and O–H groups in total. The van der Waals surface area contributed by atoms with Crippen molar-refractivity contribution in [2.45, 2.75) is 20.0 Å². The van der Waals surface area contributed by atoms with Gasteiger partial charge < -0.3 is 9.15 Å². The van der Waals surface area contributed by atoms with Crippen LogP contribution in [0.3, 0.4) is 0 Å². The van der Waals surface area contributed by atoms with Gasteiger partial charge in [0.2, 0.25) is 0 Å². The summed E-state index contributed by atoms with van der Waals surface area (Å²) < 4.78 is 11.4. The third-order valence-corrected chi connectivity index (χ3v) is 2.95. The van der Waals surface area contributed by atoms with Gasteiger partial charge in [-0.3, -0.25) is 0 Å². The van der Waals surface area contributed by atoms with Gasteiger partial charge in [-0.15, -0.1) is 0 Å². The minimum atomic E-state index is 0.557. The first kappa shape index (κ1) is 11.8. The Kier molecular flexibility index (Phi) is 3.19. The standard InChI is InChI=1S/C16H15NO2/c1-2-16-17-14-9-8-13(10-15(14)19-16)18-11-12-6-4-3-5-7-12/h3-10H,2,11H2,1H3. The molecule has 0 aliphatic rings. The average Bonchev–Trinajstić information content (AvgIpc) is 2.88. The lowest BCUT2D eigenvalue weighted by Gasteiger charge is -2.05. The summed E-state index contributed by atoms with van der Waals surface area (Å²) >= 11 is 0. The van der Waals surface area contributed by atoms with Crippen LogP contribution in [0.15, 0.2) is 52.9 Å². The highest BCUT2D eigenvalue weighted by Crippen LogP contribution is 2.22. The van der Waals surface area contributed by atoms with Crippen LogP contribution in [0.4, 0.5) is 0 Å². The van der Waals surface area contributed by atoms with Gasteiger partial charge in [-0.05, 0) is 17.7 Å². The number of fused-ring (bicyclic) bond motifs is 1. The SMILES string of the molecule is CCc1nc2ccc(OCc3ccccc3)cc2o1. The maximum Gasteiger partial charge on any atom is 0.195 e. The zero-order chi connectivity index (χ0) is 13.1. The summed E-state index contributed by atoms with van der Waals surface area (Å²) in [5.74, 6) is 1.56. The number of ether oxygens (including phenoxy) is 1. The molecule has 2 aromatic carbocycles. The number of benzene rings is 2. The molecule has 0 saturated carbocycles. The number of nitrogens with zero attached hydrogens (tertiary/aromatic N) is 1. The fraction of sp³-hybridized carbons (Fsp3) is 0.188. The van der Waals surface area contributed by atoms with E-state index in [4.69, 9.17) is 9.15 Å². The fourth-order valence-corrected chi connectivity index (χ4v) is 1.93. The normalized spacial score (nSPS) is 10.8. The molecule has 0 amide bonds. The first-order valence-electron chi connectivity index (χ1n) is 6.41. The quantitative estimate of drug-likeness (QED) is 0.705. The molecule has 3 aromatic rings. The third-order valence-electron chi connectivity index (χ3n) is 2.95. The first-order valence-corrected chi connectivity index (χ1v) is 6.41. The van der Waals surface area contributed by atoms with E-state index < -0.39 is 0 Å². The number of oxazole rings is 1. The maximum atomic E-state index is 5.76. The molecule has 0 aliphatic carbocycles. The van der Waals surface area contributed by atoms with Gasteiger partial charge >= 0.3 is 0 Å². The highest BCUT2D eigenvalue weighted by atomic mass is 16.5. The predicted molar refractivity (Wildman–Crippen MR) is 74.2 cm³/mol. The van der Waals surface area contributed by atoms with Gasteiger partial charge in [0, 0.05) is 12.5 Å². The second-order valence-corrected chi connectivity index (χ2v) is 4.36. The van der Waals surface area contributed by atoms with Crippen molar-refractivity contribution in [1.29, 1.82) is 0 Å². The zero-order valence-corrected chi connectivity index (χ0v) is 10.8. The molecule has 3 nitrogen and oxygen atoms in total. The van der Waals surface area contributed by atoms with Crippen molar-refractivity contribution in [2.24, 2.45) is 0 Å². The number of hydrogen-bond acceptors (Lipinski definition) is 3. The highest BCUT2D eigenvalue weighted by Gasteiger charge is 2.05. The summed E-state index contributed by atoms with van der Waals surface area (Å²) in [7, 11) is 0. The topological polar surface area (TPSA) is 35.3 Å². The highest BCUT2D eigenvalue weighted by molar-refractivity contribution is 5.74. The van der Waals surface area contributed by atoms with Crippen molar-refractivity contribution < 1.29 is 9.15 Å². The average molecular weight is 253 g/mol. The smallest absolute Gasteiger partial charge is 0.195 e. The summed E-state index contributed by atoms with van der Waals surface area (Å²) in [5.41, 5.74) is 2.81. The lowest BCUT2D eigenvalue weighted by molar-refractivity contribution is 0.306. The van der Waals surface area contributed by atoms with Gasteiger partial charge in [-0.1, -0.05) is 37.3 Å². The summed E-state index contributed by atoms with van der Waals surface area (Å²) in [6.07, 6.45) is 0.800. The van der Waals surface area contributed by atoms with Crippen LogP contribution in [0.25, 0.3) is 11.1 Å². The van der Waals surface area contributed by atoms with E-state index in [9.17, 15) is 0 Å². The molecule has 1 heterocycles. The van der Waals surface area contributed by atoms with E-state index in [0.717, 1.165) is 34.7 Å². The van der Waals surface area contributed by atoms with Crippen LogP contribution in [0.1, 0.15) is 18.4 Å². The van der Waals surface area contributed by atoms with Crippen molar-refractivity contribution in [3.05, 3.63) is 60.0 Å². The summed E-state index contributed by atoms with van der Waals surface area (Å²) in [6, 6.07) is 15.8. The Bertz CT molecular complexity index is 674. The van der Waals surface area contributed by atoms with Gasteiger partial charge in [0.05, 0.1) is 0 Å². The molecule has 1 aromatic heterocycles. The molecular weight excluding hydrogens is 238 g/mol. The molecule has 0 unspecified atom stereocenters. The molecule has 19 heavy (non-hydrogen) atoms. The van der Waals surface area contributed by atoms with Crippen molar-refractivity contribution in [3.63, 3.8) is 0 Å². The van der Waals surface area contributed by atoms with Crippen LogP contribution >= 0.6 is 0 Å². The van der Waals surface area contributed by atoms with Crippen LogP contribution in [0, 0.1) is 0 Å². The Labute approximate surface area is 111 Å². The van der Waals surface area contributed by atoms with Crippen molar-refractivity contribution in [1.82, 2.24) is 4.98 Å². The molecule has 3 rings (SSSR count). The maximum absolute atomic E-state index is 5.76. The van der Waals surface area contributed by atoms with Crippen LogP contribution in [-0.4, -0.2) is 4.98 Å². The second-order valence-electron chi connectivity index (χ2n) is 4.36. The Morgan fingerprint density at radius 1 is 1.11 bits per heavy atom. The Morgan fingerprint density at radius 3 is 2.74 bits per heavy atom. The Morgan fingerprint density at radius 2 is 1.95 bits per heavy atom. The van der Waals surface area contributed by atoms with Gasteiger partial charge in [0.1, 0.15) is 17.9 Å². The molecule has 3 heteroatoms. The summed E-state index contributed by atoms with van der Waals surface area (Å²) in [5, 5.41) is 0. The molecule has 0 aliphatic heterocycles. The van der Waals surface area contributed by atoms with Gasteiger partial charge in [-0.25, -0.2) is 4.98 Å². The minimum Gasteiger partial charge on any atom is -0.489 e. The Hall–Kier alpha value is -2.29. The largest absolute Gasteiger partial charge is 0.489 e. The minimum absolute atomic E-state index is 0.557. The number of aryl methyl sites for hydroxylation is 1. The molecule has 0 fully saturated rings. The third kappa shape index (κ3) is 2.60. The van der Waals surface area contributed by atoms with E-state index in [0.29, 0.717) is 6.61 Å². The summed E-state index contributed by atoms with van der Waals surface area (Å²) in [4.78, 5) is 4.37. The van der Waals surface area contributed by atoms with Crippen molar-refractivity contribution >= 4 is 11.1 Å². The lowest BCUT2D eigenvalue weighted by atomic mass is 10.2. The van der Waals surface area contributed by atoms with Gasteiger partial charge in [-0.2, -0.15) is 0 Å². The van der Waals surface area contributed by atoms with Gasteiger partial charge in [0.15, 0.2) is 11.5 Å². The number of rotatable bonds is 4. The molecule has 0 spiro atoms. The molecular formula is C16H15NO2. The molecule has 0 bridgehead atoms. The van der Waals surface area contributed by atoms with E-state index in [1.807, 2.05) is 55.5 Å². The van der Waals surface area contributed by atoms with Crippen LogP contribution < -0.4 is 4.74 Å². The van der Waals surface area contributed by atoms with E-state index in [1.54, 1.807) is 0 Å². The van der Waals surface area contributed by atoms with E-state index in [2.05, 4.69) is 4.98 Å². The monoisotopic (exact) mass is 253 g/mol. The van der Waals surface area contributed by atoms with Crippen molar-refractivity contribution in [3.8, 4) is 5.75 Å². The lowest BCUT2D eigenvalue weighted by Crippen LogP contribution is -1.94. The van der Waals surface area contributed by atoms with Crippen LogP contribution in [0.2, 0.25) is 0 Å². The molecule has 96 valence electrons. The number of hydrogen-bond donors (Lipinski definition) is 0. The molecule has 0 saturated heterocycles. The fourth-order valence-electron chi connectivity index (χ4n) is 1.93. The second kappa shape index (κ2) is 5.14. The molecule has 0 radical (unpaired) electrons. The number of aromatic nitrogens is 1. The van der Waals surface area contributed by atoms with Crippen molar-refractivity contribution in [2.75, 3.05) is 0 Å².